The van der Waals surface area contributed by atoms with Gasteiger partial charge in [-0.1, -0.05) is 18.2 Å². The minimum absolute atomic E-state index is 0.117. The molecule has 2 aromatic rings. The summed E-state index contributed by atoms with van der Waals surface area (Å²) in [5.41, 5.74) is 2.19. The molecule has 2 aromatic carbocycles. The summed E-state index contributed by atoms with van der Waals surface area (Å²) in [5.74, 6) is -0.688. The van der Waals surface area contributed by atoms with E-state index in [2.05, 4.69) is 6.07 Å². The number of rotatable bonds is 4. The first kappa shape index (κ1) is 13.6. The fourth-order valence-corrected chi connectivity index (χ4v) is 1.93. The first-order chi connectivity index (χ1) is 9.65. The van der Waals surface area contributed by atoms with Crippen LogP contribution in [0.5, 0.6) is 5.75 Å². The van der Waals surface area contributed by atoms with Gasteiger partial charge in [0.15, 0.2) is 0 Å². The predicted octanol–water partition coefficient (Wildman–Crippen LogP) is 3.32. The lowest BCUT2D eigenvalue weighted by Crippen LogP contribution is -2.03. The van der Waals surface area contributed by atoms with Gasteiger partial charge in [-0.25, -0.2) is 4.79 Å². The highest BCUT2D eigenvalue weighted by molar-refractivity contribution is 5.92. The van der Waals surface area contributed by atoms with Crippen LogP contribution in [0.25, 0.3) is 11.1 Å². The van der Waals surface area contributed by atoms with Crippen LogP contribution in [0.3, 0.4) is 0 Å². The molecule has 0 aliphatic carbocycles. The molecule has 20 heavy (non-hydrogen) atoms. The van der Waals surface area contributed by atoms with E-state index >= 15 is 0 Å². The summed E-state index contributed by atoms with van der Waals surface area (Å²) < 4.78 is 5.30. The van der Waals surface area contributed by atoms with Crippen molar-refractivity contribution in [3.05, 3.63) is 53.6 Å². The van der Waals surface area contributed by atoms with Crippen molar-refractivity contribution in [2.24, 2.45) is 0 Å². The van der Waals surface area contributed by atoms with Gasteiger partial charge in [-0.15, -0.1) is 0 Å². The van der Waals surface area contributed by atoms with Gasteiger partial charge in [-0.2, -0.15) is 5.26 Å². The van der Waals surface area contributed by atoms with Crippen molar-refractivity contribution in [2.45, 2.75) is 6.92 Å². The van der Waals surface area contributed by atoms with Gasteiger partial charge in [0.2, 0.25) is 0 Å². The average molecular weight is 267 g/mol. The molecule has 4 nitrogen and oxygen atoms in total. The van der Waals surface area contributed by atoms with E-state index in [1.165, 1.54) is 0 Å². The Balaban J connectivity index is 2.50. The van der Waals surface area contributed by atoms with Gasteiger partial charge in [0.25, 0.3) is 0 Å². The van der Waals surface area contributed by atoms with E-state index in [1.54, 1.807) is 43.3 Å². The number of benzene rings is 2. The van der Waals surface area contributed by atoms with Crippen molar-refractivity contribution in [3.8, 4) is 22.9 Å². The Bertz CT molecular complexity index is 686. The number of carbonyl (C=O) groups is 1. The highest BCUT2D eigenvalue weighted by atomic mass is 16.5. The summed E-state index contributed by atoms with van der Waals surface area (Å²) in [6.45, 7) is 2.21. The van der Waals surface area contributed by atoms with Gasteiger partial charge in [0.05, 0.1) is 18.2 Å². The van der Waals surface area contributed by atoms with Gasteiger partial charge in [0.1, 0.15) is 11.3 Å². The number of hydrogen-bond acceptors (Lipinski definition) is 3. The Morgan fingerprint density at radius 2 is 2.00 bits per heavy atom. The predicted molar refractivity (Wildman–Crippen MR) is 74.7 cm³/mol. The fraction of sp³-hybridized carbons (Fsp3) is 0.125. The van der Waals surface area contributed by atoms with E-state index in [0.29, 0.717) is 17.9 Å². The molecule has 0 aliphatic rings. The van der Waals surface area contributed by atoms with Crippen LogP contribution in [-0.2, 0) is 0 Å². The van der Waals surface area contributed by atoms with Gasteiger partial charge in [-0.05, 0) is 42.3 Å². The van der Waals surface area contributed by atoms with Crippen LogP contribution in [-0.4, -0.2) is 17.7 Å². The number of hydrogen-bond donors (Lipinski definition) is 1. The highest BCUT2D eigenvalue weighted by Gasteiger charge is 2.13. The number of aromatic carboxylic acids is 1. The summed E-state index contributed by atoms with van der Waals surface area (Å²) in [6.07, 6.45) is 0. The number of carboxylic acids is 1. The van der Waals surface area contributed by atoms with Gasteiger partial charge >= 0.3 is 5.97 Å². The summed E-state index contributed by atoms with van der Waals surface area (Å²) in [5, 5.41) is 18.1. The number of nitriles is 1. The SMILES string of the molecule is CCOc1ccc(-c2cccc(C#N)c2)cc1C(=O)O. The van der Waals surface area contributed by atoms with Crippen LogP contribution in [0.1, 0.15) is 22.8 Å². The topological polar surface area (TPSA) is 70.3 Å². The minimum Gasteiger partial charge on any atom is -0.493 e. The molecule has 0 spiro atoms. The quantitative estimate of drug-likeness (QED) is 0.922. The molecule has 0 saturated heterocycles. The molecule has 0 saturated carbocycles. The van der Waals surface area contributed by atoms with Crippen LogP contribution in [0.15, 0.2) is 42.5 Å². The molecular formula is C16H13NO3. The largest absolute Gasteiger partial charge is 0.493 e. The van der Waals surface area contributed by atoms with Crippen LogP contribution >= 0.6 is 0 Å². The Labute approximate surface area is 116 Å². The molecule has 100 valence electrons. The van der Waals surface area contributed by atoms with Gasteiger partial charge < -0.3 is 9.84 Å². The van der Waals surface area contributed by atoms with Gasteiger partial charge in [-0.3, -0.25) is 0 Å². The average Bonchev–Trinajstić information content (AvgIpc) is 2.48. The molecule has 2 rings (SSSR count). The third kappa shape index (κ3) is 2.78. The second kappa shape index (κ2) is 5.89. The first-order valence-electron chi connectivity index (χ1n) is 6.16. The summed E-state index contributed by atoms with van der Waals surface area (Å²) in [4.78, 5) is 11.3. The normalized spacial score (nSPS) is 9.80. The van der Waals surface area contributed by atoms with E-state index in [9.17, 15) is 9.90 Å². The van der Waals surface area contributed by atoms with Crippen LogP contribution in [0, 0.1) is 11.3 Å². The molecule has 0 radical (unpaired) electrons. The molecular weight excluding hydrogens is 254 g/mol. The highest BCUT2D eigenvalue weighted by Crippen LogP contribution is 2.27. The molecule has 4 heteroatoms. The van der Waals surface area contributed by atoms with Crippen molar-refractivity contribution in [1.29, 1.82) is 5.26 Å². The minimum atomic E-state index is -1.04. The first-order valence-corrected chi connectivity index (χ1v) is 6.16. The second-order valence-corrected chi connectivity index (χ2v) is 4.14. The number of nitrogens with zero attached hydrogens (tertiary/aromatic N) is 1. The van der Waals surface area contributed by atoms with E-state index in [0.717, 1.165) is 11.1 Å². The smallest absolute Gasteiger partial charge is 0.339 e. The monoisotopic (exact) mass is 267 g/mol. The molecule has 0 aliphatic heterocycles. The van der Waals surface area contributed by atoms with Crippen LogP contribution < -0.4 is 4.74 Å². The molecule has 0 atom stereocenters. The lowest BCUT2D eigenvalue weighted by molar-refractivity contribution is 0.0692. The van der Waals surface area contributed by atoms with Gasteiger partial charge in [0, 0.05) is 0 Å². The second-order valence-electron chi connectivity index (χ2n) is 4.14. The molecule has 0 heterocycles. The van der Waals surface area contributed by atoms with Crippen LogP contribution in [0.2, 0.25) is 0 Å². The van der Waals surface area contributed by atoms with E-state index in [-0.39, 0.29) is 5.56 Å². The molecule has 0 bridgehead atoms. The third-order valence-electron chi connectivity index (χ3n) is 2.83. The Morgan fingerprint density at radius 1 is 1.25 bits per heavy atom. The Hall–Kier alpha value is -2.80. The maximum atomic E-state index is 11.3. The van der Waals surface area contributed by atoms with E-state index in [4.69, 9.17) is 10.00 Å². The maximum absolute atomic E-state index is 11.3. The van der Waals surface area contributed by atoms with Crippen LogP contribution in [0.4, 0.5) is 0 Å². The molecule has 0 fully saturated rings. The standard InChI is InChI=1S/C16H13NO3/c1-2-20-15-7-6-13(9-14(15)16(18)19)12-5-3-4-11(8-12)10-17/h3-9H,2H2,1H3,(H,18,19). The third-order valence-corrected chi connectivity index (χ3v) is 2.83. The molecule has 0 amide bonds. The number of ether oxygens (including phenoxy) is 1. The molecule has 1 N–H and O–H groups in total. The molecule has 0 aromatic heterocycles. The lowest BCUT2D eigenvalue weighted by atomic mass is 10.0. The zero-order valence-electron chi connectivity index (χ0n) is 11.0. The van der Waals surface area contributed by atoms with Crippen molar-refractivity contribution < 1.29 is 14.6 Å². The lowest BCUT2D eigenvalue weighted by Gasteiger charge is -2.09. The summed E-state index contributed by atoms with van der Waals surface area (Å²) in [6, 6.07) is 14.1. The van der Waals surface area contributed by atoms with Crippen molar-refractivity contribution >= 4 is 5.97 Å². The van der Waals surface area contributed by atoms with Crippen molar-refractivity contribution in [2.75, 3.05) is 6.61 Å². The maximum Gasteiger partial charge on any atom is 0.339 e. The summed E-state index contributed by atoms with van der Waals surface area (Å²) >= 11 is 0. The van der Waals surface area contributed by atoms with E-state index < -0.39 is 5.97 Å². The van der Waals surface area contributed by atoms with Crippen molar-refractivity contribution in [1.82, 2.24) is 0 Å². The fourth-order valence-electron chi connectivity index (χ4n) is 1.93. The summed E-state index contributed by atoms with van der Waals surface area (Å²) in [7, 11) is 0. The zero-order valence-corrected chi connectivity index (χ0v) is 11.0. The zero-order chi connectivity index (χ0) is 14.5. The molecule has 0 unspecified atom stereocenters. The van der Waals surface area contributed by atoms with E-state index in [1.807, 2.05) is 6.07 Å². The number of carboxylic acid groups (broad SMARTS) is 1. The Kier molecular flexibility index (Phi) is 4.02. The van der Waals surface area contributed by atoms with Crippen molar-refractivity contribution in [3.63, 3.8) is 0 Å². The Morgan fingerprint density at radius 3 is 2.65 bits per heavy atom.